The molecule has 0 aliphatic heterocycles. The van der Waals surface area contributed by atoms with Crippen LogP contribution in [0.25, 0.3) is 0 Å². The highest BCUT2D eigenvalue weighted by Crippen LogP contribution is 2.03. The van der Waals surface area contributed by atoms with Gasteiger partial charge in [-0.25, -0.2) is 10.1 Å². The normalized spacial score (nSPS) is 10.9. The lowest BCUT2D eigenvalue weighted by Crippen LogP contribution is -2.20. The Morgan fingerprint density at radius 3 is 2.92 bits per heavy atom. The van der Waals surface area contributed by atoms with Gasteiger partial charge in [0, 0.05) is 9.97 Å². The monoisotopic (exact) mass is 281 g/mol. The van der Waals surface area contributed by atoms with Crippen molar-refractivity contribution in [1.82, 2.24) is 5.32 Å². The van der Waals surface area contributed by atoms with E-state index in [1.54, 1.807) is 6.92 Å². The second-order valence-electron chi connectivity index (χ2n) is 2.21. The third-order valence-corrected chi connectivity index (χ3v) is 1.66. The van der Waals surface area contributed by atoms with E-state index >= 15 is 0 Å². The minimum atomic E-state index is -0.471. The number of amides is 1. The van der Waals surface area contributed by atoms with Crippen LogP contribution in [0.15, 0.2) is 0 Å². The maximum atomic E-state index is 10.7. The van der Waals surface area contributed by atoms with E-state index in [-0.39, 0.29) is 0 Å². The van der Waals surface area contributed by atoms with Gasteiger partial charge in [0.25, 0.3) is 0 Å². The summed E-state index contributed by atoms with van der Waals surface area (Å²) in [5.41, 5.74) is 0. The van der Waals surface area contributed by atoms with E-state index in [4.69, 9.17) is 4.74 Å². The molecule has 1 unspecified atom stereocenters. The lowest BCUT2D eigenvalue weighted by atomic mass is 10.4. The molecule has 0 aromatic rings. The first kappa shape index (κ1) is 11.6. The molecule has 12 heavy (non-hydrogen) atoms. The topological polar surface area (TPSA) is 38.3 Å². The number of alkyl carbamates (subject to hydrolysis) is 1. The van der Waals surface area contributed by atoms with E-state index in [2.05, 4.69) is 46.8 Å². The molecule has 0 aliphatic rings. The van der Waals surface area contributed by atoms with E-state index < -0.39 is 6.09 Å². The second-order valence-corrected chi connectivity index (χ2v) is 4.33. The van der Waals surface area contributed by atoms with Crippen LogP contribution in [0.2, 0.25) is 0 Å². The lowest BCUT2D eigenvalue weighted by Gasteiger charge is -2.03. The summed E-state index contributed by atoms with van der Waals surface area (Å²) in [6.45, 7) is 4.15. The highest BCUT2D eigenvalue weighted by Gasteiger charge is 2.00. The average Bonchev–Trinajstić information content (AvgIpc) is 2.00. The van der Waals surface area contributed by atoms with Gasteiger partial charge in [-0.2, -0.15) is 0 Å². The van der Waals surface area contributed by atoms with Crippen molar-refractivity contribution in [3.63, 3.8) is 0 Å². The van der Waals surface area contributed by atoms with E-state index in [0.29, 0.717) is 10.5 Å². The molecule has 1 amide bonds. The van der Waals surface area contributed by atoms with E-state index in [1.807, 2.05) is 0 Å². The number of nitrogens with one attached hydrogen (secondary N) is 1. The number of rotatable bonds is 3. The Hall–Kier alpha value is -0.440. The zero-order valence-corrected chi connectivity index (χ0v) is 9.34. The smallest absolute Gasteiger partial charge is 0.418 e. The molecule has 0 heterocycles. The van der Waals surface area contributed by atoms with Crippen LogP contribution in [0.1, 0.15) is 20.3 Å². The number of carbonyl (C=O) groups excluding carboxylic acids is 1. The molecule has 0 rings (SSSR count). The van der Waals surface area contributed by atoms with Gasteiger partial charge in [0.2, 0.25) is 0 Å². The predicted molar refractivity (Wildman–Crippen MR) is 56.0 cm³/mol. The molecule has 0 aromatic heterocycles. The summed E-state index contributed by atoms with van der Waals surface area (Å²) in [7, 11) is 0. The molecule has 0 radical (unpaired) electrons. The summed E-state index contributed by atoms with van der Waals surface area (Å²) in [6, 6.07) is 2.41. The molecular formula is C8H12INO2. The molecule has 0 saturated carbocycles. The van der Waals surface area contributed by atoms with Gasteiger partial charge >= 0.3 is 6.09 Å². The van der Waals surface area contributed by atoms with E-state index in [9.17, 15) is 4.79 Å². The van der Waals surface area contributed by atoms with Crippen molar-refractivity contribution in [2.75, 3.05) is 6.61 Å². The Labute approximate surface area is 86.4 Å². The fourth-order valence-electron chi connectivity index (χ4n) is 0.464. The van der Waals surface area contributed by atoms with Crippen LogP contribution in [-0.2, 0) is 4.74 Å². The van der Waals surface area contributed by atoms with Crippen molar-refractivity contribution < 1.29 is 9.53 Å². The third kappa shape index (κ3) is 7.66. The zero-order chi connectivity index (χ0) is 9.40. The van der Waals surface area contributed by atoms with Crippen molar-refractivity contribution in [2.45, 2.75) is 24.2 Å². The van der Waals surface area contributed by atoms with Crippen LogP contribution in [0, 0.1) is 12.0 Å². The fraction of sp³-hybridized carbons (Fsp3) is 0.625. The lowest BCUT2D eigenvalue weighted by molar-refractivity contribution is 0.150. The number of ether oxygens (including phenoxy) is 1. The minimum Gasteiger partial charge on any atom is -0.449 e. The standard InChI is InChI=1S/C8H12INO2/c1-3-5-10-8(11)12-6-4-7(2)9/h7H,4,6H2,1-2H3,(H,10,11). The highest BCUT2D eigenvalue weighted by molar-refractivity contribution is 14.1. The van der Waals surface area contributed by atoms with Gasteiger partial charge in [-0.1, -0.05) is 35.4 Å². The Kier molecular flexibility index (Phi) is 6.96. The zero-order valence-electron chi connectivity index (χ0n) is 7.19. The molecule has 0 aromatic carbocycles. The molecule has 0 saturated heterocycles. The number of halogens is 1. The Bertz CT molecular complexity index is 193. The molecule has 1 N–H and O–H groups in total. The molecular weight excluding hydrogens is 269 g/mol. The van der Waals surface area contributed by atoms with Crippen LogP contribution in [-0.4, -0.2) is 16.6 Å². The molecule has 3 nitrogen and oxygen atoms in total. The summed E-state index contributed by atoms with van der Waals surface area (Å²) >= 11 is 2.28. The Morgan fingerprint density at radius 2 is 2.42 bits per heavy atom. The van der Waals surface area contributed by atoms with Gasteiger partial charge in [-0.05, 0) is 13.3 Å². The largest absolute Gasteiger partial charge is 0.449 e. The first-order chi connectivity index (χ1) is 5.66. The maximum absolute atomic E-state index is 10.7. The number of alkyl halides is 1. The molecule has 4 heteroatoms. The van der Waals surface area contributed by atoms with Crippen molar-refractivity contribution >= 4 is 28.7 Å². The van der Waals surface area contributed by atoms with Crippen molar-refractivity contribution in [3.8, 4) is 12.0 Å². The second kappa shape index (κ2) is 7.22. The molecule has 68 valence electrons. The van der Waals surface area contributed by atoms with Gasteiger partial charge in [0.1, 0.15) is 0 Å². The number of carbonyl (C=O) groups is 1. The summed E-state index contributed by atoms with van der Waals surface area (Å²) < 4.78 is 5.32. The summed E-state index contributed by atoms with van der Waals surface area (Å²) in [5.74, 6) is 2.53. The van der Waals surface area contributed by atoms with Crippen LogP contribution >= 0.6 is 22.6 Å². The predicted octanol–water partition coefficient (Wildman–Crippen LogP) is 1.91. The summed E-state index contributed by atoms with van der Waals surface area (Å²) in [4.78, 5) is 10.7. The van der Waals surface area contributed by atoms with E-state index in [1.165, 1.54) is 0 Å². The Morgan fingerprint density at radius 1 is 1.75 bits per heavy atom. The van der Waals surface area contributed by atoms with Crippen LogP contribution in [0.4, 0.5) is 4.79 Å². The SMILES string of the molecule is CC#CNC(=O)OCCC(C)I. The minimum absolute atomic E-state index is 0.446. The molecule has 0 spiro atoms. The van der Waals surface area contributed by atoms with Crippen molar-refractivity contribution in [1.29, 1.82) is 0 Å². The molecule has 0 aliphatic carbocycles. The summed E-state index contributed by atoms with van der Waals surface area (Å²) in [5, 5.41) is 2.28. The third-order valence-electron chi connectivity index (χ3n) is 1.04. The highest BCUT2D eigenvalue weighted by atomic mass is 127. The van der Waals surface area contributed by atoms with Crippen LogP contribution in [0.5, 0.6) is 0 Å². The maximum Gasteiger partial charge on any atom is 0.418 e. The van der Waals surface area contributed by atoms with Crippen LogP contribution < -0.4 is 5.32 Å². The summed E-state index contributed by atoms with van der Waals surface area (Å²) in [6.07, 6.45) is 0.398. The van der Waals surface area contributed by atoms with Crippen LogP contribution in [0.3, 0.4) is 0 Å². The first-order valence-electron chi connectivity index (χ1n) is 3.65. The number of hydrogen-bond donors (Lipinski definition) is 1. The van der Waals surface area contributed by atoms with Crippen molar-refractivity contribution in [3.05, 3.63) is 0 Å². The van der Waals surface area contributed by atoms with Gasteiger partial charge < -0.3 is 4.74 Å². The average molecular weight is 281 g/mol. The van der Waals surface area contributed by atoms with Gasteiger partial charge in [0.05, 0.1) is 6.61 Å². The molecule has 0 fully saturated rings. The van der Waals surface area contributed by atoms with E-state index in [0.717, 1.165) is 6.42 Å². The Balaban J connectivity index is 3.36. The first-order valence-corrected chi connectivity index (χ1v) is 4.90. The van der Waals surface area contributed by atoms with Gasteiger partial charge in [0.15, 0.2) is 0 Å². The van der Waals surface area contributed by atoms with Gasteiger partial charge in [-0.15, -0.1) is 0 Å². The van der Waals surface area contributed by atoms with Gasteiger partial charge in [-0.3, -0.25) is 0 Å². The number of hydrogen-bond acceptors (Lipinski definition) is 2. The fourth-order valence-corrected chi connectivity index (χ4v) is 0.718. The quantitative estimate of drug-likeness (QED) is 0.371. The molecule has 0 bridgehead atoms. The van der Waals surface area contributed by atoms with Crippen molar-refractivity contribution in [2.24, 2.45) is 0 Å². The molecule has 1 atom stereocenters.